The largest absolute Gasteiger partial charge is 0.493 e. The summed E-state index contributed by atoms with van der Waals surface area (Å²) in [5, 5.41) is 3.44. The van der Waals surface area contributed by atoms with Gasteiger partial charge in [0.05, 0.1) is 24.8 Å². The van der Waals surface area contributed by atoms with E-state index in [4.69, 9.17) is 32.7 Å². The molecule has 2 amide bonds. The minimum Gasteiger partial charge on any atom is -0.493 e. The number of benzene rings is 4. The molecule has 0 heterocycles. The molecule has 0 spiro atoms. The fourth-order valence-electron chi connectivity index (χ4n) is 4.92. The molecule has 248 valence electrons. The van der Waals surface area contributed by atoms with E-state index in [1.807, 2.05) is 30.3 Å². The molecule has 0 aliphatic carbocycles. The number of amides is 2. The summed E-state index contributed by atoms with van der Waals surface area (Å²) < 4.78 is 53.9. The van der Waals surface area contributed by atoms with Crippen LogP contribution in [0.3, 0.4) is 0 Å². The van der Waals surface area contributed by atoms with Gasteiger partial charge in [-0.3, -0.25) is 13.9 Å². The van der Waals surface area contributed by atoms with E-state index in [9.17, 15) is 22.4 Å². The van der Waals surface area contributed by atoms with Crippen molar-refractivity contribution in [1.29, 1.82) is 0 Å². The van der Waals surface area contributed by atoms with E-state index in [-0.39, 0.29) is 34.3 Å². The summed E-state index contributed by atoms with van der Waals surface area (Å²) in [5.74, 6) is -1.30. The number of likely N-dealkylation sites (N-methyl/N-ethyl adjacent to an activating group) is 1. The van der Waals surface area contributed by atoms with Crippen molar-refractivity contribution in [3.8, 4) is 11.5 Å². The van der Waals surface area contributed by atoms with Crippen LogP contribution in [0.2, 0.25) is 10.0 Å². The van der Waals surface area contributed by atoms with Crippen molar-refractivity contribution in [1.82, 2.24) is 10.2 Å². The molecule has 0 aliphatic rings. The number of anilines is 1. The van der Waals surface area contributed by atoms with Crippen LogP contribution < -0.4 is 19.1 Å². The Morgan fingerprint density at radius 3 is 2.19 bits per heavy atom. The molecule has 1 unspecified atom stereocenters. The molecule has 1 N–H and O–H groups in total. The highest BCUT2D eigenvalue weighted by Crippen LogP contribution is 2.33. The average molecular weight is 703 g/mol. The van der Waals surface area contributed by atoms with Gasteiger partial charge in [0.1, 0.15) is 18.4 Å². The summed E-state index contributed by atoms with van der Waals surface area (Å²) in [6, 6.07) is 21.5. The molecule has 1 atom stereocenters. The maximum absolute atomic E-state index is 14.5. The maximum atomic E-state index is 14.5. The number of hydrogen-bond acceptors (Lipinski definition) is 6. The number of rotatable bonds is 14. The zero-order chi connectivity index (χ0) is 34.1. The van der Waals surface area contributed by atoms with Crippen molar-refractivity contribution in [2.45, 2.75) is 30.8 Å². The lowest BCUT2D eigenvalue weighted by Gasteiger charge is -2.34. The third-order valence-corrected chi connectivity index (χ3v) is 9.67. The van der Waals surface area contributed by atoms with Gasteiger partial charge in [-0.05, 0) is 66.6 Å². The van der Waals surface area contributed by atoms with Gasteiger partial charge in [0.2, 0.25) is 11.8 Å². The standard InChI is InChI=1S/C34H34Cl2FN3O6S/c1-4-38-34(42)30(18-23-8-6-5-7-9-23)39(21-24-10-11-25(35)19-29(24)36)33(41)22-40(27-14-12-26(37)13-15-27)47(43,44)28-16-17-31(45-2)32(20-28)46-3/h5-17,19-20,30H,4,18,21-22H2,1-3H3,(H,38,42). The number of carbonyl (C=O) groups excluding carboxylic acids is 2. The van der Waals surface area contributed by atoms with Gasteiger partial charge in [0.25, 0.3) is 10.0 Å². The van der Waals surface area contributed by atoms with Crippen molar-refractivity contribution in [3.63, 3.8) is 0 Å². The first-order valence-electron chi connectivity index (χ1n) is 14.5. The molecular formula is C34H34Cl2FN3O6S. The Labute approximate surface area is 283 Å². The van der Waals surface area contributed by atoms with Crippen LogP contribution in [-0.2, 0) is 32.6 Å². The number of nitrogens with zero attached hydrogens (tertiary/aromatic N) is 2. The molecule has 0 bridgehead atoms. The average Bonchev–Trinajstić information content (AvgIpc) is 3.06. The van der Waals surface area contributed by atoms with Crippen molar-refractivity contribution in [3.05, 3.63) is 118 Å². The van der Waals surface area contributed by atoms with E-state index < -0.39 is 40.2 Å². The Morgan fingerprint density at radius 2 is 1.57 bits per heavy atom. The van der Waals surface area contributed by atoms with Crippen LogP contribution in [0.4, 0.5) is 10.1 Å². The van der Waals surface area contributed by atoms with Gasteiger partial charge < -0.3 is 19.7 Å². The van der Waals surface area contributed by atoms with Gasteiger partial charge >= 0.3 is 0 Å². The summed E-state index contributed by atoms with van der Waals surface area (Å²) in [6.45, 7) is 1.17. The van der Waals surface area contributed by atoms with Crippen LogP contribution in [0.5, 0.6) is 11.5 Å². The van der Waals surface area contributed by atoms with E-state index in [1.165, 1.54) is 55.5 Å². The molecule has 0 aliphatic heterocycles. The number of halogens is 3. The van der Waals surface area contributed by atoms with Gasteiger partial charge in [0.15, 0.2) is 11.5 Å². The SMILES string of the molecule is CCNC(=O)C(Cc1ccccc1)N(Cc1ccc(Cl)cc1Cl)C(=O)CN(c1ccc(F)cc1)S(=O)(=O)c1ccc(OC)c(OC)c1. The minimum absolute atomic E-state index is 0.0247. The molecule has 9 nitrogen and oxygen atoms in total. The van der Waals surface area contributed by atoms with Crippen LogP contribution in [-0.4, -0.2) is 58.5 Å². The number of hydrogen-bond donors (Lipinski definition) is 1. The molecule has 0 fully saturated rings. The second kappa shape index (κ2) is 16.0. The van der Waals surface area contributed by atoms with Crippen LogP contribution >= 0.6 is 23.2 Å². The Kier molecular flexibility index (Phi) is 12.1. The lowest BCUT2D eigenvalue weighted by molar-refractivity contribution is -0.140. The first-order chi connectivity index (χ1) is 22.5. The van der Waals surface area contributed by atoms with E-state index >= 15 is 0 Å². The van der Waals surface area contributed by atoms with E-state index in [2.05, 4.69) is 5.32 Å². The number of ether oxygens (including phenoxy) is 2. The van der Waals surface area contributed by atoms with Gasteiger partial charge in [-0.25, -0.2) is 12.8 Å². The van der Waals surface area contributed by atoms with E-state index in [1.54, 1.807) is 19.1 Å². The van der Waals surface area contributed by atoms with Crippen molar-refractivity contribution in [2.24, 2.45) is 0 Å². The summed E-state index contributed by atoms with van der Waals surface area (Å²) in [6.07, 6.45) is 0.128. The predicted molar refractivity (Wildman–Crippen MR) is 180 cm³/mol. The molecule has 4 aromatic rings. The number of carbonyl (C=O) groups is 2. The molecule has 13 heteroatoms. The minimum atomic E-state index is -4.47. The van der Waals surface area contributed by atoms with Crippen molar-refractivity contribution < 1.29 is 31.9 Å². The molecule has 0 saturated carbocycles. The fourth-order valence-corrected chi connectivity index (χ4v) is 6.82. The first kappa shape index (κ1) is 35.5. The first-order valence-corrected chi connectivity index (χ1v) is 16.7. The van der Waals surface area contributed by atoms with Crippen LogP contribution in [0.1, 0.15) is 18.1 Å². The Bertz CT molecular complexity index is 1810. The zero-order valence-electron chi connectivity index (χ0n) is 26.0. The summed E-state index contributed by atoms with van der Waals surface area (Å²) >= 11 is 12.6. The molecule has 4 aromatic carbocycles. The number of sulfonamides is 1. The normalized spacial score (nSPS) is 11.8. The van der Waals surface area contributed by atoms with Crippen LogP contribution in [0.15, 0.2) is 95.9 Å². The van der Waals surface area contributed by atoms with Crippen LogP contribution in [0, 0.1) is 5.82 Å². The third kappa shape index (κ3) is 8.73. The molecule has 0 radical (unpaired) electrons. The van der Waals surface area contributed by atoms with Gasteiger partial charge in [-0.15, -0.1) is 0 Å². The lowest BCUT2D eigenvalue weighted by Crippen LogP contribution is -2.53. The molecule has 0 saturated heterocycles. The number of nitrogens with one attached hydrogen (secondary N) is 1. The topological polar surface area (TPSA) is 105 Å². The second-order valence-electron chi connectivity index (χ2n) is 10.4. The van der Waals surface area contributed by atoms with E-state index in [0.29, 0.717) is 22.9 Å². The summed E-state index contributed by atoms with van der Waals surface area (Å²) in [4.78, 5) is 29.2. The Morgan fingerprint density at radius 1 is 0.894 bits per heavy atom. The van der Waals surface area contributed by atoms with Crippen LogP contribution in [0.25, 0.3) is 0 Å². The second-order valence-corrected chi connectivity index (χ2v) is 13.1. The quantitative estimate of drug-likeness (QED) is 0.170. The zero-order valence-corrected chi connectivity index (χ0v) is 28.3. The van der Waals surface area contributed by atoms with Crippen molar-refractivity contribution in [2.75, 3.05) is 31.6 Å². The molecule has 0 aromatic heterocycles. The monoisotopic (exact) mass is 701 g/mol. The lowest BCUT2D eigenvalue weighted by atomic mass is 10.0. The molecule has 4 rings (SSSR count). The molecular weight excluding hydrogens is 668 g/mol. The van der Waals surface area contributed by atoms with Gasteiger partial charge in [-0.2, -0.15) is 0 Å². The summed E-state index contributed by atoms with van der Waals surface area (Å²) in [5.41, 5.74) is 1.29. The fraction of sp³-hybridized carbons (Fsp3) is 0.235. The van der Waals surface area contributed by atoms with Crippen molar-refractivity contribution >= 4 is 50.7 Å². The van der Waals surface area contributed by atoms with E-state index in [0.717, 1.165) is 22.0 Å². The third-order valence-electron chi connectivity index (χ3n) is 7.31. The maximum Gasteiger partial charge on any atom is 0.264 e. The Balaban J connectivity index is 1.83. The highest BCUT2D eigenvalue weighted by atomic mass is 35.5. The van der Waals surface area contributed by atoms with Gasteiger partial charge in [-0.1, -0.05) is 59.6 Å². The summed E-state index contributed by atoms with van der Waals surface area (Å²) in [7, 11) is -1.69. The highest BCUT2D eigenvalue weighted by molar-refractivity contribution is 7.92. The Hall–Kier alpha value is -4.32. The smallest absolute Gasteiger partial charge is 0.264 e. The predicted octanol–water partition coefficient (Wildman–Crippen LogP) is 6.12. The van der Waals surface area contributed by atoms with Gasteiger partial charge in [0, 0.05) is 35.6 Å². The highest BCUT2D eigenvalue weighted by Gasteiger charge is 2.35. The number of methoxy groups -OCH3 is 2. The molecule has 47 heavy (non-hydrogen) atoms.